The van der Waals surface area contributed by atoms with Gasteiger partial charge in [0.05, 0.1) is 19.2 Å². The first-order valence-corrected chi connectivity index (χ1v) is 10.3. The average molecular weight is 443 g/mol. The predicted molar refractivity (Wildman–Crippen MR) is 123 cm³/mol. The number of rotatable bonds is 8. The lowest BCUT2D eigenvalue weighted by Gasteiger charge is -2.07. The topological polar surface area (TPSA) is 87.7 Å². The molecule has 0 bridgehead atoms. The summed E-state index contributed by atoms with van der Waals surface area (Å²) in [7, 11) is 1.32. The van der Waals surface area contributed by atoms with Gasteiger partial charge in [-0.2, -0.15) is 0 Å². The second kappa shape index (κ2) is 9.82. The zero-order valence-electron chi connectivity index (χ0n) is 17.9. The number of hydrogen-bond acceptors (Lipinski definition) is 6. The summed E-state index contributed by atoms with van der Waals surface area (Å²) in [5.74, 6) is -0.450. The number of benzene rings is 3. The zero-order valence-corrected chi connectivity index (χ0v) is 17.9. The fraction of sp³-hybridized carbons (Fsp3) is 0.115. The molecule has 166 valence electrons. The Labute approximate surface area is 189 Å². The van der Waals surface area contributed by atoms with Gasteiger partial charge in [0.25, 0.3) is 0 Å². The predicted octanol–water partition coefficient (Wildman–Crippen LogP) is 4.09. The molecule has 0 aliphatic heterocycles. The minimum absolute atomic E-state index is 0.138. The van der Waals surface area contributed by atoms with Crippen molar-refractivity contribution in [1.29, 1.82) is 0 Å². The van der Waals surface area contributed by atoms with Crippen LogP contribution in [0.2, 0.25) is 0 Å². The highest BCUT2D eigenvalue weighted by atomic mass is 16.5. The molecule has 0 amide bonds. The molecule has 7 nitrogen and oxygen atoms in total. The van der Waals surface area contributed by atoms with Crippen LogP contribution in [0.3, 0.4) is 0 Å². The monoisotopic (exact) mass is 443 g/mol. The van der Waals surface area contributed by atoms with Crippen molar-refractivity contribution in [1.82, 2.24) is 4.57 Å². The maximum atomic E-state index is 12.7. The first-order valence-electron chi connectivity index (χ1n) is 10.3. The summed E-state index contributed by atoms with van der Waals surface area (Å²) < 4.78 is 17.1. The van der Waals surface area contributed by atoms with E-state index in [4.69, 9.17) is 9.15 Å². The highest BCUT2D eigenvalue weighted by Crippen LogP contribution is 2.19. The van der Waals surface area contributed by atoms with Crippen molar-refractivity contribution >= 4 is 28.9 Å². The number of esters is 1. The lowest BCUT2D eigenvalue weighted by Crippen LogP contribution is -2.18. The quantitative estimate of drug-likeness (QED) is 0.232. The van der Waals surface area contributed by atoms with Gasteiger partial charge in [0.15, 0.2) is 11.4 Å². The zero-order chi connectivity index (χ0) is 23.2. The fourth-order valence-electron chi connectivity index (χ4n) is 3.34. The molecule has 0 N–H and O–H groups in total. The van der Waals surface area contributed by atoms with Crippen LogP contribution in [0.25, 0.3) is 17.2 Å². The maximum absolute atomic E-state index is 12.7. The molecule has 1 heterocycles. The molecule has 0 radical (unpaired) electrons. The van der Waals surface area contributed by atoms with Crippen molar-refractivity contribution < 1.29 is 23.5 Å². The van der Waals surface area contributed by atoms with E-state index >= 15 is 0 Å². The van der Waals surface area contributed by atoms with Gasteiger partial charge in [-0.05, 0) is 42.0 Å². The van der Waals surface area contributed by atoms with Crippen LogP contribution in [0.5, 0.6) is 5.75 Å². The van der Waals surface area contributed by atoms with Crippen LogP contribution in [-0.4, -0.2) is 30.0 Å². The molecule has 3 aromatic carbocycles. The molecule has 4 rings (SSSR count). The first kappa shape index (κ1) is 21.8. The molecule has 0 spiro atoms. The largest absolute Gasteiger partial charge is 0.492 e. The van der Waals surface area contributed by atoms with Crippen LogP contribution in [0.1, 0.15) is 21.5 Å². The summed E-state index contributed by atoms with van der Waals surface area (Å²) >= 11 is 0. The molecule has 33 heavy (non-hydrogen) atoms. The molecule has 4 aromatic rings. The van der Waals surface area contributed by atoms with Gasteiger partial charge in [-0.1, -0.05) is 42.5 Å². The van der Waals surface area contributed by atoms with E-state index in [9.17, 15) is 14.4 Å². The van der Waals surface area contributed by atoms with Gasteiger partial charge in [0.1, 0.15) is 12.4 Å². The Balaban J connectivity index is 1.42. The standard InChI is InChI=1S/C26H21NO6/c1-31-24(28)14-9-18-7-11-21(12-8-18)32-16-15-27-22-13-10-20(17-23(22)33-26(27)30)25(29)19-5-3-2-4-6-19/h2-14,17H,15-16H2,1H3/b14-9+. The summed E-state index contributed by atoms with van der Waals surface area (Å²) in [5, 5.41) is 0. The van der Waals surface area contributed by atoms with Crippen molar-refractivity contribution in [3.05, 3.63) is 106 Å². The third-order valence-electron chi connectivity index (χ3n) is 5.04. The minimum Gasteiger partial charge on any atom is -0.492 e. The molecule has 0 saturated carbocycles. The van der Waals surface area contributed by atoms with E-state index in [1.165, 1.54) is 17.8 Å². The van der Waals surface area contributed by atoms with Crippen molar-refractivity contribution in [2.75, 3.05) is 13.7 Å². The number of hydrogen-bond donors (Lipinski definition) is 0. The molecule has 0 aliphatic carbocycles. The molecular weight excluding hydrogens is 422 g/mol. The number of methoxy groups -OCH3 is 1. The molecular formula is C26H21NO6. The van der Waals surface area contributed by atoms with Crippen molar-refractivity contribution in [3.8, 4) is 5.75 Å². The number of fused-ring (bicyclic) bond motifs is 1. The van der Waals surface area contributed by atoms with E-state index in [0.717, 1.165) is 5.56 Å². The van der Waals surface area contributed by atoms with Gasteiger partial charge in [-0.25, -0.2) is 9.59 Å². The van der Waals surface area contributed by atoms with E-state index in [0.29, 0.717) is 28.0 Å². The van der Waals surface area contributed by atoms with Crippen molar-refractivity contribution in [3.63, 3.8) is 0 Å². The van der Waals surface area contributed by atoms with E-state index in [1.807, 2.05) is 6.07 Å². The number of nitrogens with zero attached hydrogens (tertiary/aromatic N) is 1. The first-order chi connectivity index (χ1) is 16.0. The third kappa shape index (κ3) is 5.10. The number of ether oxygens (including phenoxy) is 2. The molecule has 0 fully saturated rings. The maximum Gasteiger partial charge on any atom is 0.420 e. The number of carbonyl (C=O) groups is 2. The summed E-state index contributed by atoms with van der Waals surface area (Å²) in [5.41, 5.74) is 2.79. The lowest BCUT2D eigenvalue weighted by molar-refractivity contribution is -0.134. The van der Waals surface area contributed by atoms with Gasteiger partial charge < -0.3 is 13.9 Å². The molecule has 0 atom stereocenters. The number of carbonyl (C=O) groups excluding carboxylic acids is 2. The van der Waals surface area contributed by atoms with Crippen LogP contribution in [-0.2, 0) is 16.1 Å². The Morgan fingerprint density at radius 3 is 2.45 bits per heavy atom. The van der Waals surface area contributed by atoms with Gasteiger partial charge in [0, 0.05) is 17.2 Å². The normalized spacial score (nSPS) is 11.1. The number of aromatic nitrogens is 1. The van der Waals surface area contributed by atoms with Gasteiger partial charge in [-0.15, -0.1) is 0 Å². The highest BCUT2D eigenvalue weighted by Gasteiger charge is 2.14. The Bertz CT molecular complexity index is 1360. The Morgan fingerprint density at radius 1 is 0.970 bits per heavy atom. The average Bonchev–Trinajstić information content (AvgIpc) is 3.17. The smallest absolute Gasteiger partial charge is 0.420 e. The van der Waals surface area contributed by atoms with Crippen molar-refractivity contribution in [2.24, 2.45) is 0 Å². The van der Waals surface area contributed by atoms with Crippen LogP contribution in [0.15, 0.2) is 88.1 Å². The molecule has 1 aromatic heterocycles. The highest BCUT2D eigenvalue weighted by molar-refractivity contribution is 6.10. The molecule has 0 saturated heterocycles. The Morgan fingerprint density at radius 2 is 1.73 bits per heavy atom. The minimum atomic E-state index is -0.513. The van der Waals surface area contributed by atoms with Crippen LogP contribution in [0.4, 0.5) is 0 Å². The number of oxazole rings is 1. The van der Waals surface area contributed by atoms with Crippen LogP contribution >= 0.6 is 0 Å². The van der Waals surface area contributed by atoms with Crippen LogP contribution in [0, 0.1) is 0 Å². The fourth-order valence-corrected chi connectivity index (χ4v) is 3.34. The van der Waals surface area contributed by atoms with E-state index in [2.05, 4.69) is 4.74 Å². The van der Waals surface area contributed by atoms with E-state index < -0.39 is 11.7 Å². The Hall–Kier alpha value is -4.39. The summed E-state index contributed by atoms with van der Waals surface area (Å²) in [6.45, 7) is 0.526. The third-order valence-corrected chi connectivity index (χ3v) is 5.04. The second-order valence-electron chi connectivity index (χ2n) is 7.17. The summed E-state index contributed by atoms with van der Waals surface area (Å²) in [4.78, 5) is 36.1. The van der Waals surface area contributed by atoms with Gasteiger partial charge in [-0.3, -0.25) is 9.36 Å². The number of ketones is 1. The van der Waals surface area contributed by atoms with Crippen LogP contribution < -0.4 is 10.5 Å². The van der Waals surface area contributed by atoms with Gasteiger partial charge >= 0.3 is 11.7 Å². The Kier molecular flexibility index (Phi) is 6.50. The summed E-state index contributed by atoms with van der Waals surface area (Å²) in [6.07, 6.45) is 2.98. The second-order valence-corrected chi connectivity index (χ2v) is 7.17. The van der Waals surface area contributed by atoms with E-state index in [1.54, 1.807) is 72.8 Å². The summed E-state index contributed by atoms with van der Waals surface area (Å²) in [6, 6.07) is 21.1. The lowest BCUT2D eigenvalue weighted by atomic mass is 10.0. The van der Waals surface area contributed by atoms with Crippen molar-refractivity contribution in [2.45, 2.75) is 6.54 Å². The molecule has 0 aliphatic rings. The van der Waals surface area contributed by atoms with Gasteiger partial charge in [0.2, 0.25) is 0 Å². The SMILES string of the molecule is COC(=O)/C=C/c1ccc(OCCn2c(=O)oc3cc(C(=O)c4ccccc4)ccc32)cc1. The molecule has 7 heteroatoms. The molecule has 0 unspecified atom stereocenters. The van der Waals surface area contributed by atoms with E-state index in [-0.39, 0.29) is 18.9 Å².